The zero-order valence-electron chi connectivity index (χ0n) is 21.4. The molecule has 0 saturated carbocycles. The van der Waals surface area contributed by atoms with E-state index in [4.69, 9.17) is 5.41 Å². The van der Waals surface area contributed by atoms with Gasteiger partial charge < -0.3 is 20.5 Å². The molecular weight excluding hydrogens is 450 g/mol. The summed E-state index contributed by atoms with van der Waals surface area (Å²) in [4.78, 5) is 16.9. The average Bonchev–Trinajstić information content (AvgIpc) is 3.29. The van der Waals surface area contributed by atoms with Gasteiger partial charge >= 0.3 is 0 Å². The molecule has 1 fully saturated rings. The number of fused-ring (bicyclic) bond motifs is 1. The molecule has 186 valence electrons. The van der Waals surface area contributed by atoms with Crippen molar-refractivity contribution in [3.8, 4) is 17.2 Å². The molecule has 0 radical (unpaired) electrons. The van der Waals surface area contributed by atoms with Crippen LogP contribution in [0.4, 0.5) is 5.69 Å². The van der Waals surface area contributed by atoms with Crippen LogP contribution in [0.1, 0.15) is 38.3 Å². The van der Waals surface area contributed by atoms with Crippen molar-refractivity contribution in [1.82, 2.24) is 19.8 Å². The molecule has 1 saturated heterocycles. The Labute approximate surface area is 212 Å². The van der Waals surface area contributed by atoms with Crippen LogP contribution in [0.3, 0.4) is 0 Å². The van der Waals surface area contributed by atoms with E-state index in [2.05, 4.69) is 54.3 Å². The molecule has 1 aliphatic heterocycles. The lowest BCUT2D eigenvalue weighted by atomic mass is 9.91. The lowest BCUT2D eigenvalue weighted by Crippen LogP contribution is -2.49. The van der Waals surface area contributed by atoms with Crippen LogP contribution < -0.4 is 10.2 Å². The Hall–Kier alpha value is -4.12. The first kappa shape index (κ1) is 25.0. The standard InChI is InChI=1S/C28H33N7O/c1-28(2,3)16-26(36)34-13-11-33(12-14-34)23-7-5-20(6-8-23)24-15-21(25(30)9-10-31-4)19-35-27(24)22(17-29)18-32-35/h5-10,15,18-19,30-31H,11-14,16H2,1-4H3/b10-9-,30-25?. The number of pyridine rings is 1. The summed E-state index contributed by atoms with van der Waals surface area (Å²) in [6, 6.07) is 12.4. The normalized spacial score (nSPS) is 14.3. The maximum atomic E-state index is 12.6. The maximum Gasteiger partial charge on any atom is 0.223 e. The van der Waals surface area contributed by atoms with E-state index in [1.54, 1.807) is 36.2 Å². The third kappa shape index (κ3) is 5.41. The second kappa shape index (κ2) is 10.2. The highest BCUT2D eigenvalue weighted by atomic mass is 16.2. The van der Waals surface area contributed by atoms with E-state index < -0.39 is 0 Å². The predicted octanol–water partition coefficient (Wildman–Crippen LogP) is 4.06. The van der Waals surface area contributed by atoms with Gasteiger partial charge in [0.15, 0.2) is 0 Å². The fraction of sp³-hybridized carbons (Fsp3) is 0.357. The van der Waals surface area contributed by atoms with E-state index in [0.717, 1.165) is 48.5 Å². The molecule has 3 aromatic rings. The Bertz CT molecular complexity index is 1330. The van der Waals surface area contributed by atoms with Gasteiger partial charge in [0.2, 0.25) is 5.91 Å². The largest absolute Gasteiger partial charge is 0.394 e. The number of carbonyl (C=O) groups excluding carboxylic acids is 1. The van der Waals surface area contributed by atoms with Crippen molar-refractivity contribution in [3.05, 3.63) is 66.1 Å². The van der Waals surface area contributed by atoms with Gasteiger partial charge in [-0.1, -0.05) is 32.9 Å². The molecule has 0 aliphatic carbocycles. The first-order valence-electron chi connectivity index (χ1n) is 12.2. The summed E-state index contributed by atoms with van der Waals surface area (Å²) in [7, 11) is 1.79. The van der Waals surface area contributed by atoms with Crippen molar-refractivity contribution in [3.63, 3.8) is 0 Å². The molecule has 3 heterocycles. The number of carbonyl (C=O) groups is 1. The van der Waals surface area contributed by atoms with E-state index >= 15 is 0 Å². The highest BCUT2D eigenvalue weighted by Crippen LogP contribution is 2.30. The van der Waals surface area contributed by atoms with Crippen LogP contribution in [0.2, 0.25) is 0 Å². The third-order valence-electron chi connectivity index (χ3n) is 6.32. The van der Waals surface area contributed by atoms with Gasteiger partial charge in [-0.2, -0.15) is 10.4 Å². The smallest absolute Gasteiger partial charge is 0.223 e. The minimum absolute atomic E-state index is 0.00460. The molecule has 2 aromatic heterocycles. The molecule has 8 heteroatoms. The molecule has 0 atom stereocenters. The maximum absolute atomic E-state index is 12.6. The van der Waals surface area contributed by atoms with Crippen molar-refractivity contribution in [2.24, 2.45) is 5.41 Å². The van der Waals surface area contributed by atoms with Crippen LogP contribution in [-0.2, 0) is 4.79 Å². The van der Waals surface area contributed by atoms with Gasteiger partial charge in [-0.3, -0.25) is 4.79 Å². The van der Waals surface area contributed by atoms with Crippen molar-refractivity contribution in [2.45, 2.75) is 27.2 Å². The van der Waals surface area contributed by atoms with Crippen LogP contribution in [0.25, 0.3) is 16.6 Å². The second-order valence-electron chi connectivity index (χ2n) is 10.3. The number of aromatic nitrogens is 2. The van der Waals surface area contributed by atoms with Crippen LogP contribution in [0.15, 0.2) is 55.0 Å². The highest BCUT2D eigenvalue weighted by molar-refractivity contribution is 6.07. The minimum Gasteiger partial charge on any atom is -0.394 e. The lowest BCUT2D eigenvalue weighted by molar-refractivity contribution is -0.133. The van der Waals surface area contributed by atoms with Gasteiger partial charge in [0.1, 0.15) is 6.07 Å². The fourth-order valence-electron chi connectivity index (χ4n) is 4.46. The van der Waals surface area contributed by atoms with Crippen LogP contribution in [0, 0.1) is 22.2 Å². The number of hydrogen-bond acceptors (Lipinski definition) is 6. The molecule has 0 bridgehead atoms. The summed E-state index contributed by atoms with van der Waals surface area (Å²) in [5.41, 5.74) is 5.18. The lowest BCUT2D eigenvalue weighted by Gasteiger charge is -2.37. The molecule has 0 spiro atoms. The summed E-state index contributed by atoms with van der Waals surface area (Å²) in [6.45, 7) is 9.33. The van der Waals surface area contributed by atoms with E-state index in [0.29, 0.717) is 23.3 Å². The first-order valence-corrected chi connectivity index (χ1v) is 12.2. The quantitative estimate of drug-likeness (QED) is 0.515. The highest BCUT2D eigenvalue weighted by Gasteiger charge is 2.25. The average molecular weight is 484 g/mol. The summed E-state index contributed by atoms with van der Waals surface area (Å²) in [5, 5.41) is 25.3. The Balaban J connectivity index is 1.57. The van der Waals surface area contributed by atoms with E-state index in [-0.39, 0.29) is 11.3 Å². The van der Waals surface area contributed by atoms with Crippen molar-refractivity contribution < 1.29 is 4.79 Å². The number of anilines is 1. The number of nitrogens with zero attached hydrogens (tertiary/aromatic N) is 5. The van der Waals surface area contributed by atoms with Gasteiger partial charge in [-0.15, -0.1) is 0 Å². The number of nitrogens with one attached hydrogen (secondary N) is 2. The van der Waals surface area contributed by atoms with E-state index in [9.17, 15) is 10.1 Å². The third-order valence-corrected chi connectivity index (χ3v) is 6.32. The number of piperazine rings is 1. The van der Waals surface area contributed by atoms with Crippen LogP contribution >= 0.6 is 0 Å². The SMILES string of the molecule is CN/C=C\C(=N)c1cc(-c2ccc(N3CCN(C(=O)CC(C)(C)C)CC3)cc2)c2c(C#N)cnn2c1. The topological polar surface area (TPSA) is 101 Å². The number of hydrogen-bond donors (Lipinski definition) is 2. The van der Waals surface area contributed by atoms with E-state index in [1.165, 1.54) is 0 Å². The fourth-order valence-corrected chi connectivity index (χ4v) is 4.46. The Morgan fingerprint density at radius 2 is 1.89 bits per heavy atom. The van der Waals surface area contributed by atoms with Crippen molar-refractivity contribution in [2.75, 3.05) is 38.1 Å². The molecular formula is C28H33N7O. The minimum atomic E-state index is -0.00460. The molecule has 1 aliphatic rings. The molecule has 1 amide bonds. The molecule has 2 N–H and O–H groups in total. The number of nitriles is 1. The molecule has 0 unspecified atom stereocenters. The summed E-state index contributed by atoms with van der Waals surface area (Å²) < 4.78 is 1.67. The first-order chi connectivity index (χ1) is 17.2. The molecule has 4 rings (SSSR count). The van der Waals surface area contributed by atoms with Gasteiger partial charge in [0.05, 0.1) is 23.0 Å². The Morgan fingerprint density at radius 1 is 1.19 bits per heavy atom. The number of benzene rings is 1. The van der Waals surface area contributed by atoms with Gasteiger partial charge in [-0.25, -0.2) is 4.52 Å². The zero-order valence-corrected chi connectivity index (χ0v) is 21.4. The Kier molecular flexibility index (Phi) is 7.11. The monoisotopic (exact) mass is 483 g/mol. The predicted molar refractivity (Wildman–Crippen MR) is 143 cm³/mol. The molecule has 1 aromatic carbocycles. The van der Waals surface area contributed by atoms with Gasteiger partial charge in [0, 0.05) is 62.7 Å². The molecule has 8 nitrogen and oxygen atoms in total. The van der Waals surface area contributed by atoms with Crippen molar-refractivity contribution in [1.29, 1.82) is 10.7 Å². The number of allylic oxidation sites excluding steroid dienone is 1. The van der Waals surface area contributed by atoms with Crippen LogP contribution in [0.5, 0.6) is 0 Å². The van der Waals surface area contributed by atoms with E-state index in [1.807, 2.05) is 23.1 Å². The summed E-state index contributed by atoms with van der Waals surface area (Å²) >= 11 is 0. The van der Waals surface area contributed by atoms with Gasteiger partial charge in [0.25, 0.3) is 0 Å². The van der Waals surface area contributed by atoms with Gasteiger partial charge in [-0.05, 0) is 41.5 Å². The van der Waals surface area contributed by atoms with Crippen LogP contribution in [-0.4, -0.2) is 59.4 Å². The molecule has 36 heavy (non-hydrogen) atoms. The second-order valence-corrected chi connectivity index (χ2v) is 10.3. The Morgan fingerprint density at radius 3 is 2.50 bits per heavy atom. The number of rotatable bonds is 6. The number of amides is 1. The van der Waals surface area contributed by atoms with Crippen molar-refractivity contribution >= 4 is 22.8 Å². The zero-order chi connectivity index (χ0) is 25.9. The summed E-state index contributed by atoms with van der Waals surface area (Å²) in [6.07, 6.45) is 7.30. The summed E-state index contributed by atoms with van der Waals surface area (Å²) in [5.74, 6) is 0.227.